The summed E-state index contributed by atoms with van der Waals surface area (Å²) in [5.41, 5.74) is 3.64. The van der Waals surface area contributed by atoms with Gasteiger partial charge in [0.1, 0.15) is 0 Å². The summed E-state index contributed by atoms with van der Waals surface area (Å²) in [5, 5.41) is 0. The van der Waals surface area contributed by atoms with Crippen molar-refractivity contribution in [2.75, 3.05) is 20.3 Å². The van der Waals surface area contributed by atoms with E-state index in [1.54, 1.807) is 7.11 Å². The Morgan fingerprint density at radius 1 is 1.13 bits per heavy atom. The lowest BCUT2D eigenvalue weighted by Gasteiger charge is -2.28. The van der Waals surface area contributed by atoms with Gasteiger partial charge in [0.2, 0.25) is 0 Å². The molecule has 1 heterocycles. The molecule has 0 spiro atoms. The molecular formula is C19H21NO3. The van der Waals surface area contributed by atoms with Gasteiger partial charge in [0, 0.05) is 13.1 Å². The van der Waals surface area contributed by atoms with Crippen molar-refractivity contribution in [1.29, 1.82) is 0 Å². The summed E-state index contributed by atoms with van der Waals surface area (Å²) in [4.78, 5) is 14.3. The lowest BCUT2D eigenvalue weighted by molar-refractivity contribution is -0.134. The Morgan fingerprint density at radius 2 is 1.91 bits per heavy atom. The molecule has 4 heteroatoms. The van der Waals surface area contributed by atoms with Gasteiger partial charge in [-0.2, -0.15) is 0 Å². The Labute approximate surface area is 136 Å². The van der Waals surface area contributed by atoms with Crippen LogP contribution in [0.3, 0.4) is 0 Å². The van der Waals surface area contributed by atoms with Crippen LogP contribution in [0.25, 0.3) is 0 Å². The normalized spacial score (nSPS) is 13.4. The summed E-state index contributed by atoms with van der Waals surface area (Å²) in [6.07, 6.45) is 0.899. The number of ether oxygens (including phenoxy) is 2. The maximum Gasteiger partial charge on any atom is 0.260 e. The van der Waals surface area contributed by atoms with Crippen molar-refractivity contribution in [2.24, 2.45) is 0 Å². The molecule has 0 atom stereocenters. The molecule has 1 aliphatic rings. The van der Waals surface area contributed by atoms with Gasteiger partial charge in [0.05, 0.1) is 7.11 Å². The molecular weight excluding hydrogens is 290 g/mol. The first kappa shape index (κ1) is 15.4. The van der Waals surface area contributed by atoms with E-state index < -0.39 is 0 Å². The molecule has 2 aromatic rings. The van der Waals surface area contributed by atoms with Crippen molar-refractivity contribution in [3.63, 3.8) is 0 Å². The van der Waals surface area contributed by atoms with E-state index in [1.807, 2.05) is 42.2 Å². The van der Waals surface area contributed by atoms with E-state index in [4.69, 9.17) is 9.47 Å². The Bertz CT molecular complexity index is 712. The zero-order chi connectivity index (χ0) is 16.2. The van der Waals surface area contributed by atoms with Gasteiger partial charge in [-0.25, -0.2) is 0 Å². The molecule has 3 rings (SSSR count). The van der Waals surface area contributed by atoms with Crippen molar-refractivity contribution in [2.45, 2.75) is 19.9 Å². The summed E-state index contributed by atoms with van der Waals surface area (Å²) >= 11 is 0. The van der Waals surface area contributed by atoms with Gasteiger partial charge in [0.25, 0.3) is 5.91 Å². The van der Waals surface area contributed by atoms with Crippen LogP contribution in [0.2, 0.25) is 0 Å². The van der Waals surface area contributed by atoms with Gasteiger partial charge in [-0.1, -0.05) is 30.3 Å². The second-order valence-electron chi connectivity index (χ2n) is 5.78. The third-order valence-electron chi connectivity index (χ3n) is 4.15. The second-order valence-corrected chi connectivity index (χ2v) is 5.78. The summed E-state index contributed by atoms with van der Waals surface area (Å²) in [5.74, 6) is 1.26. The van der Waals surface area contributed by atoms with Crippen LogP contribution >= 0.6 is 0 Å². The van der Waals surface area contributed by atoms with Crippen LogP contribution in [-0.2, 0) is 17.8 Å². The van der Waals surface area contributed by atoms with E-state index >= 15 is 0 Å². The maximum atomic E-state index is 12.4. The van der Waals surface area contributed by atoms with E-state index in [1.165, 1.54) is 11.1 Å². The molecule has 0 bridgehead atoms. The van der Waals surface area contributed by atoms with Crippen molar-refractivity contribution < 1.29 is 14.3 Å². The number of benzene rings is 2. The zero-order valence-corrected chi connectivity index (χ0v) is 13.5. The number of nitrogens with zero attached hydrogens (tertiary/aromatic N) is 1. The number of rotatable bonds is 4. The van der Waals surface area contributed by atoms with Gasteiger partial charge in [-0.05, 0) is 42.2 Å². The highest BCUT2D eigenvalue weighted by molar-refractivity contribution is 5.78. The summed E-state index contributed by atoms with van der Waals surface area (Å²) in [6, 6.07) is 14.0. The van der Waals surface area contributed by atoms with Crippen molar-refractivity contribution in [1.82, 2.24) is 4.90 Å². The number of amides is 1. The topological polar surface area (TPSA) is 38.8 Å². The highest BCUT2D eigenvalue weighted by atomic mass is 16.5. The quantitative estimate of drug-likeness (QED) is 0.871. The largest absolute Gasteiger partial charge is 0.493 e. The highest BCUT2D eigenvalue weighted by Gasteiger charge is 2.21. The molecule has 1 aliphatic heterocycles. The van der Waals surface area contributed by atoms with E-state index in [9.17, 15) is 4.79 Å². The van der Waals surface area contributed by atoms with Gasteiger partial charge >= 0.3 is 0 Å². The molecule has 120 valence electrons. The van der Waals surface area contributed by atoms with E-state index in [2.05, 4.69) is 12.1 Å². The predicted molar refractivity (Wildman–Crippen MR) is 88.8 cm³/mol. The third-order valence-corrected chi connectivity index (χ3v) is 4.15. The monoisotopic (exact) mass is 311 g/mol. The molecule has 0 saturated heterocycles. The fourth-order valence-electron chi connectivity index (χ4n) is 2.83. The molecule has 0 aliphatic carbocycles. The molecule has 4 nitrogen and oxygen atoms in total. The molecule has 23 heavy (non-hydrogen) atoms. The minimum Gasteiger partial charge on any atom is -0.493 e. The molecule has 0 aromatic heterocycles. The Hall–Kier alpha value is -2.49. The molecule has 0 N–H and O–H groups in total. The van der Waals surface area contributed by atoms with Gasteiger partial charge in [0.15, 0.2) is 18.1 Å². The number of hydrogen-bond acceptors (Lipinski definition) is 3. The molecule has 0 fully saturated rings. The van der Waals surface area contributed by atoms with E-state index in [0.717, 1.165) is 18.5 Å². The second kappa shape index (κ2) is 6.73. The number of carbonyl (C=O) groups excluding carboxylic acids is 1. The van der Waals surface area contributed by atoms with Crippen LogP contribution in [-0.4, -0.2) is 31.1 Å². The zero-order valence-electron chi connectivity index (χ0n) is 13.5. The molecule has 1 amide bonds. The first-order chi connectivity index (χ1) is 11.2. The van der Waals surface area contributed by atoms with Gasteiger partial charge < -0.3 is 14.4 Å². The summed E-state index contributed by atoms with van der Waals surface area (Å²) < 4.78 is 11.0. The van der Waals surface area contributed by atoms with Crippen LogP contribution in [0.4, 0.5) is 0 Å². The van der Waals surface area contributed by atoms with Crippen molar-refractivity contribution in [3.8, 4) is 11.5 Å². The lowest BCUT2D eigenvalue weighted by Crippen LogP contribution is -2.38. The number of fused-ring (bicyclic) bond motifs is 1. The Kier molecular flexibility index (Phi) is 4.51. The lowest BCUT2D eigenvalue weighted by atomic mass is 10.00. The van der Waals surface area contributed by atoms with Crippen LogP contribution < -0.4 is 9.47 Å². The van der Waals surface area contributed by atoms with Crippen molar-refractivity contribution in [3.05, 3.63) is 59.2 Å². The smallest absolute Gasteiger partial charge is 0.260 e. The molecule has 0 radical (unpaired) electrons. The first-order valence-electron chi connectivity index (χ1n) is 7.79. The van der Waals surface area contributed by atoms with E-state index in [0.29, 0.717) is 18.0 Å². The Balaban J connectivity index is 1.62. The van der Waals surface area contributed by atoms with Gasteiger partial charge in [-0.3, -0.25) is 4.79 Å². The van der Waals surface area contributed by atoms with Crippen molar-refractivity contribution >= 4 is 5.91 Å². The Morgan fingerprint density at radius 3 is 2.70 bits per heavy atom. The van der Waals surface area contributed by atoms with Crippen LogP contribution in [0.1, 0.15) is 16.7 Å². The van der Waals surface area contributed by atoms with Crippen LogP contribution in [0.5, 0.6) is 11.5 Å². The first-order valence-corrected chi connectivity index (χ1v) is 7.79. The standard InChI is InChI=1S/C19H21NO3/c1-14-7-8-17(18(11-14)22-2)23-13-19(21)20-10-9-15-5-3-4-6-16(15)12-20/h3-8,11H,9-10,12-13H2,1-2H3. The number of methoxy groups -OCH3 is 1. The fourth-order valence-corrected chi connectivity index (χ4v) is 2.83. The number of carbonyl (C=O) groups is 1. The average Bonchev–Trinajstić information content (AvgIpc) is 2.59. The summed E-state index contributed by atoms with van der Waals surface area (Å²) in [7, 11) is 1.60. The molecule has 0 unspecified atom stereocenters. The number of hydrogen-bond donors (Lipinski definition) is 0. The average molecular weight is 311 g/mol. The predicted octanol–water partition coefficient (Wildman–Crippen LogP) is 2.97. The SMILES string of the molecule is COc1cc(C)ccc1OCC(=O)N1CCc2ccccc2C1. The van der Waals surface area contributed by atoms with Crippen LogP contribution in [0, 0.1) is 6.92 Å². The third kappa shape index (κ3) is 3.47. The fraction of sp³-hybridized carbons (Fsp3) is 0.316. The van der Waals surface area contributed by atoms with Crippen LogP contribution in [0.15, 0.2) is 42.5 Å². The minimum atomic E-state index is 0.00197. The molecule has 2 aromatic carbocycles. The maximum absolute atomic E-state index is 12.4. The summed E-state index contributed by atoms with van der Waals surface area (Å²) in [6.45, 7) is 3.41. The highest BCUT2D eigenvalue weighted by Crippen LogP contribution is 2.28. The minimum absolute atomic E-state index is 0.00197. The number of aryl methyl sites for hydroxylation is 1. The van der Waals surface area contributed by atoms with Gasteiger partial charge in [-0.15, -0.1) is 0 Å². The molecule has 0 saturated carbocycles. The van der Waals surface area contributed by atoms with E-state index in [-0.39, 0.29) is 12.5 Å².